The molecule has 0 saturated heterocycles. The monoisotopic (exact) mass is 194 g/mol. The van der Waals surface area contributed by atoms with Crippen molar-refractivity contribution >= 4 is 23.2 Å². The molecule has 1 unspecified atom stereocenters. The summed E-state index contributed by atoms with van der Waals surface area (Å²) in [6, 6.07) is 0.122. The largest absolute Gasteiger partial charge is 0.317 e. The molecule has 0 N–H and O–H groups in total. The highest BCUT2D eigenvalue weighted by atomic mass is 32.2. The number of hydrogen-bond acceptors (Lipinski definition) is 4. The number of aliphatic imine (C=N–C) groups is 1. The number of carbonyl (C=O) groups is 1. The SMILES string of the molecule is CC1=CSC2=NC=C(C=O)C(C)N12. The summed E-state index contributed by atoms with van der Waals surface area (Å²) in [4.78, 5) is 17.0. The smallest absolute Gasteiger partial charge is 0.173 e. The lowest BCUT2D eigenvalue weighted by atomic mass is 10.1. The fourth-order valence-corrected chi connectivity index (χ4v) is 2.40. The van der Waals surface area contributed by atoms with Crippen molar-refractivity contribution in [3.8, 4) is 0 Å². The molecule has 2 rings (SSSR count). The Kier molecular flexibility index (Phi) is 2.00. The molecule has 2 aliphatic rings. The van der Waals surface area contributed by atoms with E-state index in [9.17, 15) is 4.79 Å². The summed E-state index contributed by atoms with van der Waals surface area (Å²) in [5.41, 5.74) is 1.89. The molecule has 0 radical (unpaired) electrons. The Morgan fingerprint density at radius 1 is 1.69 bits per heavy atom. The molecule has 2 aliphatic heterocycles. The van der Waals surface area contributed by atoms with Crippen molar-refractivity contribution in [3.05, 3.63) is 22.9 Å². The van der Waals surface area contributed by atoms with E-state index in [0.717, 1.165) is 22.7 Å². The summed E-state index contributed by atoms with van der Waals surface area (Å²) in [6.07, 6.45) is 2.53. The lowest BCUT2D eigenvalue weighted by Gasteiger charge is -2.29. The lowest BCUT2D eigenvalue weighted by molar-refractivity contribution is -0.105. The Morgan fingerprint density at radius 2 is 2.46 bits per heavy atom. The van der Waals surface area contributed by atoms with Crippen molar-refractivity contribution in [3.63, 3.8) is 0 Å². The molecule has 0 bridgehead atoms. The fourth-order valence-electron chi connectivity index (χ4n) is 1.48. The van der Waals surface area contributed by atoms with E-state index in [4.69, 9.17) is 0 Å². The highest BCUT2D eigenvalue weighted by molar-refractivity contribution is 8.16. The summed E-state index contributed by atoms with van der Waals surface area (Å²) in [6.45, 7) is 4.04. The standard InChI is InChI=1S/C9H10N2OS/c1-6-5-13-9-10-3-8(4-12)7(2)11(6)9/h3-5,7H,1-2H3. The number of aldehydes is 1. The molecule has 0 aromatic carbocycles. The van der Waals surface area contributed by atoms with Crippen molar-refractivity contribution in [2.24, 2.45) is 4.99 Å². The van der Waals surface area contributed by atoms with Crippen molar-refractivity contribution < 1.29 is 4.79 Å². The van der Waals surface area contributed by atoms with Crippen LogP contribution in [0.4, 0.5) is 0 Å². The first-order chi connectivity index (χ1) is 6.24. The number of rotatable bonds is 1. The van der Waals surface area contributed by atoms with Crippen LogP contribution in [0.2, 0.25) is 0 Å². The molecule has 68 valence electrons. The molecule has 0 aromatic heterocycles. The van der Waals surface area contributed by atoms with Gasteiger partial charge in [-0.25, -0.2) is 4.99 Å². The van der Waals surface area contributed by atoms with Crippen LogP contribution in [-0.2, 0) is 4.79 Å². The predicted molar refractivity (Wildman–Crippen MR) is 54.2 cm³/mol. The van der Waals surface area contributed by atoms with Gasteiger partial charge in [0.05, 0.1) is 6.04 Å². The van der Waals surface area contributed by atoms with Crippen LogP contribution in [0.5, 0.6) is 0 Å². The molecule has 4 heteroatoms. The van der Waals surface area contributed by atoms with Gasteiger partial charge in [0, 0.05) is 17.5 Å². The topological polar surface area (TPSA) is 32.7 Å². The van der Waals surface area contributed by atoms with Gasteiger partial charge in [-0.3, -0.25) is 4.79 Å². The summed E-state index contributed by atoms with van der Waals surface area (Å²) >= 11 is 1.60. The number of amidine groups is 1. The third kappa shape index (κ3) is 1.21. The number of nitrogens with zero attached hydrogens (tertiary/aromatic N) is 2. The number of hydrogen-bond donors (Lipinski definition) is 0. The van der Waals surface area contributed by atoms with Gasteiger partial charge in [-0.15, -0.1) is 0 Å². The van der Waals surface area contributed by atoms with Gasteiger partial charge in [-0.05, 0) is 19.3 Å². The molecule has 0 aliphatic carbocycles. The molecule has 0 aromatic rings. The average Bonchev–Trinajstić information content (AvgIpc) is 2.49. The normalized spacial score (nSPS) is 26.2. The van der Waals surface area contributed by atoms with Gasteiger partial charge in [0.25, 0.3) is 0 Å². The maximum atomic E-state index is 10.7. The molecule has 2 heterocycles. The van der Waals surface area contributed by atoms with Gasteiger partial charge in [0.15, 0.2) is 5.17 Å². The Bertz CT molecular complexity index is 344. The van der Waals surface area contributed by atoms with E-state index in [-0.39, 0.29) is 6.04 Å². The van der Waals surface area contributed by atoms with Gasteiger partial charge in [0.1, 0.15) is 6.29 Å². The van der Waals surface area contributed by atoms with E-state index in [2.05, 4.69) is 15.3 Å². The highest BCUT2D eigenvalue weighted by Gasteiger charge is 2.29. The molecular weight excluding hydrogens is 184 g/mol. The quantitative estimate of drug-likeness (QED) is 0.596. The number of thioether (sulfide) groups is 1. The van der Waals surface area contributed by atoms with Crippen LogP contribution in [0, 0.1) is 0 Å². The van der Waals surface area contributed by atoms with Gasteiger partial charge in [0.2, 0.25) is 0 Å². The maximum Gasteiger partial charge on any atom is 0.173 e. The van der Waals surface area contributed by atoms with Crippen LogP contribution in [0.1, 0.15) is 13.8 Å². The second kappa shape index (κ2) is 3.03. The van der Waals surface area contributed by atoms with Crippen molar-refractivity contribution in [1.29, 1.82) is 0 Å². The Hall–Kier alpha value is -1.03. The summed E-state index contributed by atoms with van der Waals surface area (Å²) < 4.78 is 0. The minimum absolute atomic E-state index is 0.122. The number of allylic oxidation sites excluding steroid dienone is 1. The molecule has 0 spiro atoms. The number of fused-ring (bicyclic) bond motifs is 1. The summed E-state index contributed by atoms with van der Waals surface area (Å²) in [7, 11) is 0. The highest BCUT2D eigenvalue weighted by Crippen LogP contribution is 2.32. The zero-order valence-electron chi connectivity index (χ0n) is 7.52. The first-order valence-corrected chi connectivity index (χ1v) is 4.97. The molecular formula is C9H10N2OS. The van der Waals surface area contributed by atoms with Gasteiger partial charge in [-0.1, -0.05) is 11.8 Å². The fraction of sp³-hybridized carbons (Fsp3) is 0.333. The first-order valence-electron chi connectivity index (χ1n) is 4.09. The molecule has 0 amide bonds. The summed E-state index contributed by atoms with van der Waals surface area (Å²) in [5.74, 6) is 0. The van der Waals surface area contributed by atoms with Crippen molar-refractivity contribution in [2.75, 3.05) is 0 Å². The molecule has 1 atom stereocenters. The van der Waals surface area contributed by atoms with E-state index in [1.165, 1.54) is 0 Å². The van der Waals surface area contributed by atoms with Crippen LogP contribution >= 0.6 is 11.8 Å². The van der Waals surface area contributed by atoms with E-state index in [0.29, 0.717) is 0 Å². The third-order valence-electron chi connectivity index (χ3n) is 2.25. The molecule has 0 fully saturated rings. The third-order valence-corrected chi connectivity index (χ3v) is 3.22. The van der Waals surface area contributed by atoms with Crippen molar-refractivity contribution in [1.82, 2.24) is 4.90 Å². The van der Waals surface area contributed by atoms with Crippen molar-refractivity contribution in [2.45, 2.75) is 19.9 Å². The van der Waals surface area contributed by atoms with Crippen LogP contribution in [-0.4, -0.2) is 22.4 Å². The van der Waals surface area contributed by atoms with E-state index in [1.807, 2.05) is 13.8 Å². The maximum absolute atomic E-state index is 10.7. The predicted octanol–water partition coefficient (Wildman–Crippen LogP) is 1.74. The first kappa shape index (κ1) is 8.56. The lowest BCUT2D eigenvalue weighted by Crippen LogP contribution is -2.36. The number of carbonyl (C=O) groups excluding carboxylic acids is 1. The second-order valence-electron chi connectivity index (χ2n) is 3.08. The minimum Gasteiger partial charge on any atom is -0.317 e. The summed E-state index contributed by atoms with van der Waals surface area (Å²) in [5, 5.41) is 3.02. The Labute approximate surface area is 81.2 Å². The van der Waals surface area contributed by atoms with Gasteiger partial charge < -0.3 is 4.90 Å². The average molecular weight is 194 g/mol. The van der Waals surface area contributed by atoms with Crippen LogP contribution in [0.15, 0.2) is 27.9 Å². The van der Waals surface area contributed by atoms with E-state index < -0.39 is 0 Å². The van der Waals surface area contributed by atoms with Gasteiger partial charge >= 0.3 is 0 Å². The Morgan fingerprint density at radius 3 is 3.15 bits per heavy atom. The molecule has 0 saturated carbocycles. The van der Waals surface area contributed by atoms with Crippen LogP contribution in [0.25, 0.3) is 0 Å². The zero-order valence-corrected chi connectivity index (χ0v) is 8.34. The Balaban J connectivity index is 2.37. The van der Waals surface area contributed by atoms with Gasteiger partial charge in [-0.2, -0.15) is 0 Å². The molecule has 3 nitrogen and oxygen atoms in total. The van der Waals surface area contributed by atoms with E-state index in [1.54, 1.807) is 18.0 Å². The van der Waals surface area contributed by atoms with E-state index >= 15 is 0 Å². The minimum atomic E-state index is 0.122. The van der Waals surface area contributed by atoms with Crippen LogP contribution < -0.4 is 0 Å². The second-order valence-corrected chi connectivity index (χ2v) is 3.92. The molecule has 13 heavy (non-hydrogen) atoms. The van der Waals surface area contributed by atoms with Crippen LogP contribution in [0.3, 0.4) is 0 Å². The zero-order chi connectivity index (χ0) is 9.42.